The molecular formula is C13H21NO2S. The Morgan fingerprint density at radius 2 is 1.71 bits per heavy atom. The summed E-state index contributed by atoms with van der Waals surface area (Å²) in [6.45, 7) is 4.53. The summed E-state index contributed by atoms with van der Waals surface area (Å²) in [5.41, 5.74) is 7.37. The smallest absolute Gasteiger partial charge is 0.148 e. The molecule has 0 aromatic heterocycles. The quantitative estimate of drug-likeness (QED) is 0.867. The van der Waals surface area contributed by atoms with Crippen molar-refractivity contribution in [3.05, 3.63) is 35.4 Å². The van der Waals surface area contributed by atoms with Crippen LogP contribution in [0, 0.1) is 0 Å². The average Bonchev–Trinajstić information content (AvgIpc) is 2.15. The van der Waals surface area contributed by atoms with Crippen LogP contribution in [-0.4, -0.2) is 27.0 Å². The summed E-state index contributed by atoms with van der Waals surface area (Å²) in [6, 6.07) is 8.03. The molecule has 0 aliphatic rings. The Labute approximate surface area is 104 Å². The van der Waals surface area contributed by atoms with E-state index in [1.54, 1.807) is 0 Å². The van der Waals surface area contributed by atoms with Crippen molar-refractivity contribution in [1.82, 2.24) is 0 Å². The number of benzene rings is 1. The van der Waals surface area contributed by atoms with E-state index in [0.29, 0.717) is 6.54 Å². The molecule has 1 aromatic carbocycles. The lowest BCUT2D eigenvalue weighted by molar-refractivity contribution is 0.552. The Balaban J connectivity index is 2.91. The van der Waals surface area contributed by atoms with Gasteiger partial charge in [0.05, 0.1) is 5.75 Å². The second kappa shape index (κ2) is 5.19. The van der Waals surface area contributed by atoms with Crippen LogP contribution >= 0.6 is 0 Å². The Hall–Kier alpha value is -0.870. The molecule has 0 heterocycles. The van der Waals surface area contributed by atoms with Crippen molar-refractivity contribution in [3.63, 3.8) is 0 Å². The van der Waals surface area contributed by atoms with Crippen molar-refractivity contribution < 1.29 is 8.42 Å². The Bertz CT molecular complexity index is 461. The SMILES string of the molecule is CC(C)(CS(C)(=O)=O)c1ccc(CCN)cc1. The number of rotatable bonds is 5. The molecule has 0 spiro atoms. The lowest BCUT2D eigenvalue weighted by Gasteiger charge is -2.24. The lowest BCUT2D eigenvalue weighted by atomic mass is 9.86. The molecule has 0 atom stereocenters. The van der Waals surface area contributed by atoms with E-state index in [0.717, 1.165) is 12.0 Å². The molecule has 3 nitrogen and oxygen atoms in total. The summed E-state index contributed by atoms with van der Waals surface area (Å²) in [6.07, 6.45) is 2.13. The molecule has 0 amide bonds. The predicted octanol–water partition coefficient (Wildman–Crippen LogP) is 1.51. The highest BCUT2D eigenvalue weighted by Crippen LogP contribution is 2.25. The first kappa shape index (κ1) is 14.2. The van der Waals surface area contributed by atoms with Gasteiger partial charge < -0.3 is 5.73 Å². The molecule has 1 rings (SSSR count). The van der Waals surface area contributed by atoms with Crippen molar-refractivity contribution in [2.24, 2.45) is 5.73 Å². The number of hydrogen-bond acceptors (Lipinski definition) is 3. The van der Waals surface area contributed by atoms with Gasteiger partial charge in [0.15, 0.2) is 0 Å². The maximum atomic E-state index is 11.4. The van der Waals surface area contributed by atoms with Gasteiger partial charge in [-0.2, -0.15) is 0 Å². The van der Waals surface area contributed by atoms with Crippen molar-refractivity contribution in [2.75, 3.05) is 18.6 Å². The molecular weight excluding hydrogens is 234 g/mol. The summed E-state index contributed by atoms with van der Waals surface area (Å²) in [7, 11) is -2.97. The van der Waals surface area contributed by atoms with Crippen LogP contribution < -0.4 is 5.73 Å². The van der Waals surface area contributed by atoms with Crippen LogP contribution in [0.1, 0.15) is 25.0 Å². The number of hydrogen-bond donors (Lipinski definition) is 1. The topological polar surface area (TPSA) is 60.2 Å². The van der Waals surface area contributed by atoms with Gasteiger partial charge >= 0.3 is 0 Å². The van der Waals surface area contributed by atoms with Crippen LogP contribution in [0.25, 0.3) is 0 Å². The van der Waals surface area contributed by atoms with E-state index in [9.17, 15) is 8.42 Å². The van der Waals surface area contributed by atoms with Crippen LogP contribution in [-0.2, 0) is 21.7 Å². The Kier molecular flexibility index (Phi) is 4.33. The van der Waals surface area contributed by atoms with E-state index in [4.69, 9.17) is 5.73 Å². The summed E-state index contributed by atoms with van der Waals surface area (Å²) in [4.78, 5) is 0. The van der Waals surface area contributed by atoms with Crippen molar-refractivity contribution in [3.8, 4) is 0 Å². The maximum Gasteiger partial charge on any atom is 0.148 e. The highest BCUT2D eigenvalue weighted by molar-refractivity contribution is 7.90. The first-order valence-corrected chi connectivity index (χ1v) is 7.78. The predicted molar refractivity (Wildman–Crippen MR) is 71.9 cm³/mol. The molecule has 0 aliphatic carbocycles. The second-order valence-corrected chi connectivity index (χ2v) is 7.33. The molecule has 17 heavy (non-hydrogen) atoms. The number of nitrogens with two attached hydrogens (primary N) is 1. The van der Waals surface area contributed by atoms with Gasteiger partial charge in [-0.05, 0) is 24.1 Å². The fourth-order valence-corrected chi connectivity index (χ4v) is 3.51. The van der Waals surface area contributed by atoms with Crippen molar-refractivity contribution in [2.45, 2.75) is 25.7 Å². The maximum absolute atomic E-state index is 11.4. The van der Waals surface area contributed by atoms with Crippen molar-refractivity contribution >= 4 is 9.84 Å². The fourth-order valence-electron chi connectivity index (χ4n) is 2.03. The highest BCUT2D eigenvalue weighted by atomic mass is 32.2. The Morgan fingerprint density at radius 1 is 1.18 bits per heavy atom. The van der Waals surface area contributed by atoms with Crippen LogP contribution in [0.2, 0.25) is 0 Å². The summed E-state index contributed by atoms with van der Waals surface area (Å²) in [5.74, 6) is 0.163. The molecule has 0 fully saturated rings. The molecule has 4 heteroatoms. The van der Waals surface area contributed by atoms with Gasteiger partial charge in [-0.15, -0.1) is 0 Å². The minimum Gasteiger partial charge on any atom is -0.330 e. The van der Waals surface area contributed by atoms with Gasteiger partial charge in [-0.3, -0.25) is 0 Å². The van der Waals surface area contributed by atoms with E-state index in [1.807, 2.05) is 38.1 Å². The fraction of sp³-hybridized carbons (Fsp3) is 0.538. The van der Waals surface area contributed by atoms with E-state index < -0.39 is 9.84 Å². The minimum atomic E-state index is -2.97. The first-order valence-electron chi connectivity index (χ1n) is 5.72. The first-order chi connectivity index (χ1) is 7.74. The van der Waals surface area contributed by atoms with Gasteiger partial charge in [0.1, 0.15) is 9.84 Å². The third-order valence-electron chi connectivity index (χ3n) is 2.79. The molecule has 0 bridgehead atoms. The van der Waals surface area contributed by atoms with Crippen molar-refractivity contribution in [1.29, 1.82) is 0 Å². The average molecular weight is 255 g/mol. The van der Waals surface area contributed by atoms with Gasteiger partial charge in [-0.1, -0.05) is 38.1 Å². The normalized spacial score (nSPS) is 12.7. The number of sulfone groups is 1. The van der Waals surface area contributed by atoms with E-state index >= 15 is 0 Å². The monoisotopic (exact) mass is 255 g/mol. The second-order valence-electron chi connectivity index (χ2n) is 5.19. The summed E-state index contributed by atoms with van der Waals surface area (Å²) >= 11 is 0. The molecule has 0 radical (unpaired) electrons. The molecule has 0 saturated heterocycles. The summed E-state index contributed by atoms with van der Waals surface area (Å²) in [5, 5.41) is 0. The van der Waals surface area contributed by atoms with Crippen LogP contribution in [0.3, 0.4) is 0 Å². The third-order valence-corrected chi connectivity index (χ3v) is 4.04. The van der Waals surface area contributed by atoms with Crippen LogP contribution in [0.4, 0.5) is 0 Å². The van der Waals surface area contributed by atoms with Crippen LogP contribution in [0.15, 0.2) is 24.3 Å². The molecule has 0 unspecified atom stereocenters. The third kappa shape index (κ3) is 4.48. The van der Waals surface area contributed by atoms with E-state index in [-0.39, 0.29) is 11.2 Å². The van der Waals surface area contributed by atoms with Gasteiger partial charge in [0.2, 0.25) is 0 Å². The standard InChI is InChI=1S/C13H21NO2S/c1-13(2,10-17(3,15)16)12-6-4-11(5-7-12)8-9-14/h4-7H,8-10,14H2,1-3H3. The van der Waals surface area contributed by atoms with E-state index in [1.165, 1.54) is 11.8 Å². The zero-order valence-electron chi connectivity index (χ0n) is 10.7. The molecule has 96 valence electrons. The van der Waals surface area contributed by atoms with Gasteiger partial charge in [0.25, 0.3) is 0 Å². The molecule has 2 N–H and O–H groups in total. The van der Waals surface area contributed by atoms with Crippen LogP contribution in [0.5, 0.6) is 0 Å². The zero-order chi connectivity index (χ0) is 13.1. The highest BCUT2D eigenvalue weighted by Gasteiger charge is 2.25. The van der Waals surface area contributed by atoms with Gasteiger partial charge in [0, 0.05) is 11.7 Å². The zero-order valence-corrected chi connectivity index (χ0v) is 11.5. The minimum absolute atomic E-state index is 0.163. The van der Waals surface area contributed by atoms with Gasteiger partial charge in [-0.25, -0.2) is 8.42 Å². The van der Waals surface area contributed by atoms with E-state index in [2.05, 4.69) is 0 Å². The largest absolute Gasteiger partial charge is 0.330 e. The summed E-state index contributed by atoms with van der Waals surface area (Å²) < 4.78 is 22.7. The molecule has 0 saturated carbocycles. The lowest BCUT2D eigenvalue weighted by Crippen LogP contribution is -2.27. The Morgan fingerprint density at radius 3 is 2.12 bits per heavy atom. The molecule has 1 aromatic rings. The molecule has 0 aliphatic heterocycles.